The molecule has 0 unspecified atom stereocenters. The molecular formula is C20H22N4OS. The Morgan fingerprint density at radius 1 is 1.27 bits per heavy atom. The molecule has 4 rings (SSSR count). The molecule has 1 N–H and O–H groups in total. The fourth-order valence-corrected chi connectivity index (χ4v) is 4.43. The molecule has 2 aromatic heterocycles. The lowest BCUT2D eigenvalue weighted by Gasteiger charge is -2.32. The van der Waals surface area contributed by atoms with E-state index in [1.165, 1.54) is 4.70 Å². The average Bonchev–Trinajstić information content (AvgIpc) is 3.13. The number of thiazole rings is 1. The SMILES string of the molecule is C[C@@H](NC(=O)[C@H]1CCCN(c2nc3ccccc3s2)C1)c1ccncc1. The van der Waals surface area contributed by atoms with Crippen molar-refractivity contribution in [1.29, 1.82) is 0 Å². The quantitative estimate of drug-likeness (QED) is 0.763. The highest BCUT2D eigenvalue weighted by Crippen LogP contribution is 2.31. The van der Waals surface area contributed by atoms with Crippen LogP contribution in [0.2, 0.25) is 0 Å². The summed E-state index contributed by atoms with van der Waals surface area (Å²) in [5.74, 6) is 0.125. The standard InChI is InChI=1S/C20H22N4OS/c1-14(15-8-10-21-11-9-15)22-19(25)16-5-4-12-24(13-16)20-23-17-6-2-3-7-18(17)26-20/h2-3,6-11,14,16H,4-5,12-13H2,1H3,(H,22,25)/t14-,16+/m1/s1. The minimum Gasteiger partial charge on any atom is -0.349 e. The molecule has 1 aromatic carbocycles. The van der Waals surface area contributed by atoms with Crippen LogP contribution in [0.15, 0.2) is 48.8 Å². The van der Waals surface area contributed by atoms with E-state index < -0.39 is 0 Å². The van der Waals surface area contributed by atoms with E-state index in [4.69, 9.17) is 4.98 Å². The average molecular weight is 366 g/mol. The third-order valence-electron chi connectivity index (χ3n) is 4.91. The van der Waals surface area contributed by atoms with Gasteiger partial charge < -0.3 is 10.2 Å². The number of carbonyl (C=O) groups is 1. The first kappa shape index (κ1) is 17.0. The van der Waals surface area contributed by atoms with Crippen LogP contribution in [0.4, 0.5) is 5.13 Å². The molecule has 134 valence electrons. The number of benzene rings is 1. The second-order valence-corrected chi connectivity index (χ2v) is 7.77. The van der Waals surface area contributed by atoms with Crippen molar-refractivity contribution < 1.29 is 4.79 Å². The zero-order valence-corrected chi connectivity index (χ0v) is 15.6. The highest BCUT2D eigenvalue weighted by Gasteiger charge is 2.28. The first-order valence-corrected chi connectivity index (χ1v) is 9.83. The first-order chi connectivity index (χ1) is 12.7. The normalized spacial score (nSPS) is 18.7. The number of pyridine rings is 1. The van der Waals surface area contributed by atoms with Crippen molar-refractivity contribution in [2.24, 2.45) is 5.92 Å². The van der Waals surface area contributed by atoms with Crippen molar-refractivity contribution in [2.45, 2.75) is 25.8 Å². The van der Waals surface area contributed by atoms with Crippen molar-refractivity contribution in [3.05, 3.63) is 54.4 Å². The topological polar surface area (TPSA) is 58.1 Å². The number of aromatic nitrogens is 2. The number of para-hydroxylation sites is 1. The zero-order valence-electron chi connectivity index (χ0n) is 14.8. The maximum absolute atomic E-state index is 12.8. The summed E-state index contributed by atoms with van der Waals surface area (Å²) >= 11 is 1.70. The predicted molar refractivity (Wildman–Crippen MR) is 105 cm³/mol. The summed E-state index contributed by atoms with van der Waals surface area (Å²) in [7, 11) is 0. The molecule has 1 saturated heterocycles. The minimum atomic E-state index is -0.0108. The number of nitrogens with zero attached hydrogens (tertiary/aromatic N) is 3. The van der Waals surface area contributed by atoms with E-state index in [-0.39, 0.29) is 17.9 Å². The monoisotopic (exact) mass is 366 g/mol. The molecule has 3 aromatic rings. The van der Waals surface area contributed by atoms with Gasteiger partial charge in [-0.05, 0) is 49.6 Å². The van der Waals surface area contributed by atoms with Gasteiger partial charge in [0, 0.05) is 25.5 Å². The van der Waals surface area contributed by atoms with Gasteiger partial charge in [0.2, 0.25) is 5.91 Å². The van der Waals surface area contributed by atoms with Crippen molar-refractivity contribution in [2.75, 3.05) is 18.0 Å². The lowest BCUT2D eigenvalue weighted by Crippen LogP contribution is -2.43. The van der Waals surface area contributed by atoms with Crippen LogP contribution < -0.4 is 10.2 Å². The summed E-state index contributed by atoms with van der Waals surface area (Å²) < 4.78 is 1.19. The highest BCUT2D eigenvalue weighted by molar-refractivity contribution is 7.22. The third kappa shape index (κ3) is 3.55. The minimum absolute atomic E-state index is 0.0000458. The van der Waals surface area contributed by atoms with Gasteiger partial charge in [-0.1, -0.05) is 23.5 Å². The second kappa shape index (κ2) is 7.41. The highest BCUT2D eigenvalue weighted by atomic mass is 32.1. The molecule has 2 atom stereocenters. The lowest BCUT2D eigenvalue weighted by molar-refractivity contribution is -0.125. The van der Waals surface area contributed by atoms with Crippen LogP contribution in [0.1, 0.15) is 31.4 Å². The van der Waals surface area contributed by atoms with Crippen molar-refractivity contribution >= 4 is 32.6 Å². The van der Waals surface area contributed by atoms with Crippen LogP contribution in [0, 0.1) is 5.92 Å². The molecular weight excluding hydrogens is 344 g/mol. The summed E-state index contributed by atoms with van der Waals surface area (Å²) in [6, 6.07) is 12.1. The number of hydrogen-bond donors (Lipinski definition) is 1. The van der Waals surface area contributed by atoms with Crippen LogP contribution >= 0.6 is 11.3 Å². The Bertz CT molecular complexity index is 862. The van der Waals surface area contributed by atoms with Crippen LogP contribution in [0.3, 0.4) is 0 Å². The molecule has 1 fully saturated rings. The van der Waals surface area contributed by atoms with E-state index in [1.807, 2.05) is 37.3 Å². The molecule has 0 aliphatic carbocycles. The van der Waals surface area contributed by atoms with Gasteiger partial charge >= 0.3 is 0 Å². The molecule has 0 radical (unpaired) electrons. The Morgan fingerprint density at radius 3 is 2.88 bits per heavy atom. The molecule has 1 aliphatic rings. The van der Waals surface area contributed by atoms with E-state index in [1.54, 1.807) is 23.7 Å². The Labute approximate surface area is 157 Å². The molecule has 0 bridgehead atoms. The summed E-state index contributed by atoms with van der Waals surface area (Å²) in [4.78, 5) is 23.8. The number of carbonyl (C=O) groups excluding carboxylic acids is 1. The Kier molecular flexibility index (Phi) is 4.84. The zero-order chi connectivity index (χ0) is 17.9. The van der Waals surface area contributed by atoms with Gasteiger partial charge in [-0.15, -0.1) is 0 Å². The number of anilines is 1. The molecule has 3 heterocycles. The van der Waals surface area contributed by atoms with E-state index in [2.05, 4.69) is 21.3 Å². The van der Waals surface area contributed by atoms with Crippen LogP contribution in [0.25, 0.3) is 10.2 Å². The number of hydrogen-bond acceptors (Lipinski definition) is 5. The second-order valence-electron chi connectivity index (χ2n) is 6.76. The number of amides is 1. The number of fused-ring (bicyclic) bond motifs is 1. The Balaban J connectivity index is 1.43. The number of nitrogens with one attached hydrogen (secondary N) is 1. The predicted octanol–water partition coefficient (Wildman–Crippen LogP) is 3.79. The number of rotatable bonds is 4. The fourth-order valence-electron chi connectivity index (χ4n) is 3.43. The van der Waals surface area contributed by atoms with Gasteiger partial charge in [0.05, 0.1) is 22.2 Å². The van der Waals surface area contributed by atoms with E-state index in [0.29, 0.717) is 0 Å². The molecule has 6 heteroatoms. The summed E-state index contributed by atoms with van der Waals surface area (Å²) in [5.41, 5.74) is 2.11. The lowest BCUT2D eigenvalue weighted by atomic mass is 9.97. The summed E-state index contributed by atoms with van der Waals surface area (Å²) in [6.45, 7) is 3.71. The van der Waals surface area contributed by atoms with Gasteiger partial charge in [0.15, 0.2) is 5.13 Å². The van der Waals surface area contributed by atoms with Crippen LogP contribution in [0.5, 0.6) is 0 Å². The third-order valence-corrected chi connectivity index (χ3v) is 6.01. The molecule has 1 amide bonds. The van der Waals surface area contributed by atoms with Crippen LogP contribution in [-0.2, 0) is 4.79 Å². The van der Waals surface area contributed by atoms with Gasteiger partial charge in [-0.2, -0.15) is 0 Å². The Hall–Kier alpha value is -2.47. The largest absolute Gasteiger partial charge is 0.349 e. The molecule has 1 aliphatic heterocycles. The molecule has 5 nitrogen and oxygen atoms in total. The maximum atomic E-state index is 12.8. The molecule has 0 spiro atoms. The molecule has 0 saturated carbocycles. The van der Waals surface area contributed by atoms with Crippen molar-refractivity contribution in [1.82, 2.24) is 15.3 Å². The smallest absolute Gasteiger partial charge is 0.225 e. The van der Waals surface area contributed by atoms with Crippen molar-refractivity contribution in [3.8, 4) is 0 Å². The number of piperidine rings is 1. The van der Waals surface area contributed by atoms with Gasteiger partial charge in [-0.3, -0.25) is 9.78 Å². The van der Waals surface area contributed by atoms with E-state index >= 15 is 0 Å². The maximum Gasteiger partial charge on any atom is 0.225 e. The summed E-state index contributed by atoms with van der Waals surface area (Å²) in [6.07, 6.45) is 5.45. The first-order valence-electron chi connectivity index (χ1n) is 9.01. The van der Waals surface area contributed by atoms with Gasteiger partial charge in [0.25, 0.3) is 0 Å². The Morgan fingerprint density at radius 2 is 2.08 bits per heavy atom. The summed E-state index contributed by atoms with van der Waals surface area (Å²) in [5, 5.41) is 4.17. The van der Waals surface area contributed by atoms with Crippen molar-refractivity contribution in [3.63, 3.8) is 0 Å². The van der Waals surface area contributed by atoms with Gasteiger partial charge in [-0.25, -0.2) is 4.98 Å². The van der Waals surface area contributed by atoms with E-state index in [9.17, 15) is 4.79 Å². The molecule has 26 heavy (non-hydrogen) atoms. The van der Waals surface area contributed by atoms with E-state index in [0.717, 1.165) is 42.1 Å². The van der Waals surface area contributed by atoms with Crippen LogP contribution in [-0.4, -0.2) is 29.0 Å². The van der Waals surface area contributed by atoms with Gasteiger partial charge in [0.1, 0.15) is 0 Å². The fraction of sp³-hybridized carbons (Fsp3) is 0.350.